The smallest absolute Gasteiger partial charge is 0.472 e. The predicted octanol–water partition coefficient (Wildman–Crippen LogP) is 4.57. The van der Waals surface area contributed by atoms with Crippen LogP contribution in [0.5, 0.6) is 23.0 Å². The van der Waals surface area contributed by atoms with Crippen molar-refractivity contribution in [1.82, 2.24) is 0 Å². The lowest BCUT2D eigenvalue weighted by Crippen LogP contribution is -2.34. The van der Waals surface area contributed by atoms with Gasteiger partial charge in [-0.25, -0.2) is 4.57 Å². The molecular formula is C29H34NO11P. The first kappa shape index (κ1) is 32.6. The van der Waals surface area contributed by atoms with E-state index in [9.17, 15) is 19.0 Å². The number of esters is 1. The van der Waals surface area contributed by atoms with Gasteiger partial charge in [0.15, 0.2) is 0 Å². The lowest BCUT2D eigenvalue weighted by Gasteiger charge is -2.14. The molecular weight excluding hydrogens is 569 g/mol. The number of para-hydroxylation sites is 1. The van der Waals surface area contributed by atoms with Crippen LogP contribution in [0.15, 0.2) is 66.7 Å². The summed E-state index contributed by atoms with van der Waals surface area (Å²) in [6.45, 7) is -0.977. The van der Waals surface area contributed by atoms with Crippen molar-refractivity contribution < 1.29 is 52.1 Å². The highest BCUT2D eigenvalue weighted by molar-refractivity contribution is 7.47. The minimum Gasteiger partial charge on any atom is -0.497 e. The molecule has 3 aromatic carbocycles. The Bertz CT molecular complexity index is 1360. The average molecular weight is 604 g/mol. The number of hydrogen-bond donors (Lipinski definition) is 3. The third-order valence-electron chi connectivity index (χ3n) is 5.88. The van der Waals surface area contributed by atoms with Crippen molar-refractivity contribution in [2.24, 2.45) is 5.73 Å². The number of carbonyl (C=O) groups excluding carboxylic acids is 1. The third kappa shape index (κ3) is 10.5. The van der Waals surface area contributed by atoms with E-state index in [0.29, 0.717) is 29.4 Å². The van der Waals surface area contributed by atoms with E-state index in [1.54, 1.807) is 20.3 Å². The van der Waals surface area contributed by atoms with Crippen LogP contribution in [0.25, 0.3) is 11.1 Å². The molecule has 0 heterocycles. The van der Waals surface area contributed by atoms with E-state index < -0.39 is 32.4 Å². The first-order valence-electron chi connectivity index (χ1n) is 13.0. The van der Waals surface area contributed by atoms with Crippen molar-refractivity contribution in [2.45, 2.75) is 25.3 Å². The molecule has 0 amide bonds. The first-order valence-corrected chi connectivity index (χ1v) is 14.4. The van der Waals surface area contributed by atoms with Gasteiger partial charge in [0, 0.05) is 18.9 Å². The zero-order chi connectivity index (χ0) is 30.5. The Labute approximate surface area is 243 Å². The van der Waals surface area contributed by atoms with E-state index in [4.69, 9.17) is 34.3 Å². The van der Waals surface area contributed by atoms with Crippen molar-refractivity contribution in [2.75, 3.05) is 34.0 Å². The second-order valence-electron chi connectivity index (χ2n) is 8.95. The van der Waals surface area contributed by atoms with E-state index in [2.05, 4.69) is 4.52 Å². The van der Waals surface area contributed by atoms with Crippen LogP contribution in [-0.2, 0) is 34.4 Å². The number of aliphatic carboxylic acids is 1. The van der Waals surface area contributed by atoms with Crippen LogP contribution in [0.4, 0.5) is 0 Å². The molecule has 12 nitrogen and oxygen atoms in total. The standard InChI is InChI=1S/C29H34NO11P/c1-36-24-16-22(17-25(18-24)37-2)20-8-11-23(12-9-20)41-27-7-4-3-6-21(27)10-13-28(31)38-14-5-15-39-42(34,35)40-19-26(30)29(32)33/h3-4,6-9,11-12,16-18,26H,5,10,13-15,19,30H2,1-2H3,(H,32,33)(H,34,35)/t26-/m0/s1. The van der Waals surface area contributed by atoms with Crippen molar-refractivity contribution in [3.05, 3.63) is 72.3 Å². The molecule has 226 valence electrons. The number of hydrogen-bond acceptors (Lipinski definition) is 10. The van der Waals surface area contributed by atoms with Crippen molar-refractivity contribution in [1.29, 1.82) is 0 Å². The predicted molar refractivity (Wildman–Crippen MR) is 153 cm³/mol. The number of phosphoric ester groups is 1. The molecule has 13 heteroatoms. The zero-order valence-electron chi connectivity index (χ0n) is 23.3. The van der Waals surface area contributed by atoms with Gasteiger partial charge in [-0.15, -0.1) is 0 Å². The van der Waals surface area contributed by atoms with Crippen LogP contribution in [0.2, 0.25) is 0 Å². The molecule has 4 N–H and O–H groups in total. The summed E-state index contributed by atoms with van der Waals surface area (Å²) in [5.74, 6) is 0.767. The number of methoxy groups -OCH3 is 2. The lowest BCUT2D eigenvalue weighted by molar-refractivity contribution is -0.143. The molecule has 42 heavy (non-hydrogen) atoms. The second kappa shape index (κ2) is 15.9. The minimum absolute atomic E-state index is 0.0445. The highest BCUT2D eigenvalue weighted by Crippen LogP contribution is 2.43. The SMILES string of the molecule is COc1cc(OC)cc(-c2ccc(Oc3ccccc3CCC(=O)OCCCOP(=O)(O)OC[C@H](N)C(=O)O)cc2)c1. The molecule has 0 spiro atoms. The Kier molecular flexibility index (Phi) is 12.3. The average Bonchev–Trinajstić information content (AvgIpc) is 2.99. The summed E-state index contributed by atoms with van der Waals surface area (Å²) < 4.78 is 42.9. The molecule has 0 fully saturated rings. The quantitative estimate of drug-likeness (QED) is 0.112. The van der Waals surface area contributed by atoms with Gasteiger partial charge >= 0.3 is 19.8 Å². The van der Waals surface area contributed by atoms with Gasteiger partial charge < -0.3 is 34.7 Å². The number of carboxylic acid groups (broad SMARTS) is 1. The number of ether oxygens (including phenoxy) is 4. The van der Waals surface area contributed by atoms with E-state index in [0.717, 1.165) is 16.7 Å². The fraction of sp³-hybridized carbons (Fsp3) is 0.310. The van der Waals surface area contributed by atoms with E-state index >= 15 is 0 Å². The van der Waals surface area contributed by atoms with Crippen LogP contribution < -0.4 is 19.9 Å². The van der Waals surface area contributed by atoms with Crippen molar-refractivity contribution in [3.8, 4) is 34.1 Å². The Morgan fingerprint density at radius 1 is 0.881 bits per heavy atom. The number of nitrogens with two attached hydrogens (primary N) is 1. The van der Waals surface area contributed by atoms with Crippen molar-refractivity contribution in [3.63, 3.8) is 0 Å². The van der Waals surface area contributed by atoms with Gasteiger partial charge in [0.05, 0.1) is 34.0 Å². The monoisotopic (exact) mass is 603 g/mol. The van der Waals surface area contributed by atoms with Crippen molar-refractivity contribution >= 4 is 19.8 Å². The molecule has 3 rings (SSSR count). The third-order valence-corrected chi connectivity index (χ3v) is 6.86. The second-order valence-corrected chi connectivity index (χ2v) is 10.4. The normalized spacial score (nSPS) is 13.0. The van der Waals surface area contributed by atoms with Gasteiger partial charge in [0.1, 0.15) is 29.0 Å². The molecule has 1 unspecified atom stereocenters. The molecule has 0 saturated carbocycles. The Morgan fingerprint density at radius 3 is 2.19 bits per heavy atom. The van der Waals surface area contributed by atoms with Gasteiger partial charge in [0.25, 0.3) is 0 Å². The number of aryl methyl sites for hydroxylation is 1. The number of carboxylic acids is 1. The van der Waals surface area contributed by atoms with E-state index in [1.165, 1.54) is 0 Å². The highest BCUT2D eigenvalue weighted by Gasteiger charge is 2.24. The molecule has 2 atom stereocenters. The number of phosphoric acid groups is 1. The minimum atomic E-state index is -4.47. The molecule has 0 aliphatic carbocycles. The zero-order valence-corrected chi connectivity index (χ0v) is 24.2. The van der Waals surface area contributed by atoms with Gasteiger partial charge in [0.2, 0.25) is 0 Å². The summed E-state index contributed by atoms with van der Waals surface area (Å²) in [7, 11) is -1.27. The van der Waals surface area contributed by atoms with Crippen LogP contribution in [0, 0.1) is 0 Å². The van der Waals surface area contributed by atoms with Gasteiger partial charge in [-0.1, -0.05) is 30.3 Å². The summed E-state index contributed by atoms with van der Waals surface area (Å²) in [5, 5.41) is 8.67. The molecule has 0 aromatic heterocycles. The van der Waals surface area contributed by atoms with E-state index in [1.807, 2.05) is 60.7 Å². The summed E-state index contributed by atoms with van der Waals surface area (Å²) in [6, 6.07) is 19.1. The van der Waals surface area contributed by atoms with Gasteiger partial charge in [-0.3, -0.25) is 18.6 Å². The number of rotatable bonds is 17. The maximum atomic E-state index is 12.2. The van der Waals surface area contributed by atoms with Crippen LogP contribution in [0.1, 0.15) is 18.4 Å². The molecule has 0 aliphatic heterocycles. The Morgan fingerprint density at radius 2 is 1.55 bits per heavy atom. The number of benzene rings is 3. The number of carbonyl (C=O) groups is 2. The maximum absolute atomic E-state index is 12.2. The molecule has 0 radical (unpaired) electrons. The maximum Gasteiger partial charge on any atom is 0.472 e. The van der Waals surface area contributed by atoms with Crippen LogP contribution in [-0.4, -0.2) is 62.0 Å². The fourth-order valence-electron chi connectivity index (χ4n) is 3.64. The Balaban J connectivity index is 1.46. The summed E-state index contributed by atoms with van der Waals surface area (Å²) in [4.78, 5) is 32.4. The largest absolute Gasteiger partial charge is 0.497 e. The van der Waals surface area contributed by atoms with E-state index in [-0.39, 0.29) is 26.1 Å². The molecule has 0 bridgehead atoms. The highest BCUT2D eigenvalue weighted by atomic mass is 31.2. The summed E-state index contributed by atoms with van der Waals surface area (Å²) in [5.41, 5.74) is 7.91. The summed E-state index contributed by atoms with van der Waals surface area (Å²) >= 11 is 0. The topological polar surface area (TPSA) is 173 Å². The molecule has 0 saturated heterocycles. The van der Waals surface area contributed by atoms with Crippen LogP contribution in [0.3, 0.4) is 0 Å². The Hall–Kier alpha value is -3.93. The fourth-order valence-corrected chi connectivity index (χ4v) is 4.43. The lowest BCUT2D eigenvalue weighted by atomic mass is 10.0. The molecule has 0 aliphatic rings. The first-order chi connectivity index (χ1) is 20.1. The van der Waals surface area contributed by atoms with Gasteiger partial charge in [-0.05, 0) is 53.4 Å². The van der Waals surface area contributed by atoms with Crippen LogP contribution >= 0.6 is 7.82 Å². The molecule has 3 aromatic rings. The van der Waals surface area contributed by atoms with Gasteiger partial charge in [-0.2, -0.15) is 0 Å². The summed E-state index contributed by atoms with van der Waals surface area (Å²) in [6.07, 6.45) is 0.589.